The van der Waals surface area contributed by atoms with Crippen LogP contribution < -0.4 is 39.0 Å². The van der Waals surface area contributed by atoms with Crippen LogP contribution in [0, 0.1) is 34.8 Å². The molecule has 0 N–H and O–H groups in total. The van der Waals surface area contributed by atoms with Crippen LogP contribution in [0.1, 0.15) is 11.1 Å². The van der Waals surface area contributed by atoms with E-state index in [1.54, 1.807) is 6.07 Å². The van der Waals surface area contributed by atoms with E-state index in [0.717, 1.165) is 0 Å². The Kier molecular flexibility index (Phi) is 15.7. The zero-order valence-corrected chi connectivity index (χ0v) is 17.5. The van der Waals surface area contributed by atoms with Crippen LogP contribution in [0.25, 0.3) is 0 Å². The third-order valence-corrected chi connectivity index (χ3v) is 3.19. The quantitative estimate of drug-likeness (QED) is 0.453. The predicted molar refractivity (Wildman–Crippen MR) is 89.7 cm³/mol. The van der Waals surface area contributed by atoms with Crippen LogP contribution >= 0.6 is 11.6 Å². The fraction of sp³-hybridized carbons (Fsp3) is 0.222. The minimum atomic E-state index is -0.346. The molecule has 0 amide bonds. The molecule has 0 aromatic heterocycles. The molecule has 0 fully saturated rings. The Morgan fingerprint density at radius 1 is 0.962 bits per heavy atom. The van der Waals surface area contributed by atoms with E-state index < -0.39 is 0 Å². The molecule has 26 heavy (non-hydrogen) atoms. The Morgan fingerprint density at radius 2 is 1.38 bits per heavy atom. The first-order valence-electron chi connectivity index (χ1n) is 6.85. The number of nitriles is 1. The van der Waals surface area contributed by atoms with Gasteiger partial charge in [-0.3, -0.25) is 0 Å². The van der Waals surface area contributed by atoms with Gasteiger partial charge in [-0.25, -0.2) is 8.78 Å². The second-order valence-corrected chi connectivity index (χ2v) is 4.65. The van der Waals surface area contributed by atoms with E-state index in [9.17, 15) is 8.78 Å². The van der Waals surface area contributed by atoms with Crippen molar-refractivity contribution in [2.75, 3.05) is 14.2 Å². The molecule has 0 heterocycles. The van der Waals surface area contributed by atoms with Crippen LogP contribution in [-0.4, -0.2) is 14.2 Å². The SMILES string of the molecule is COc1ccc(F)cc1CC#N.COc1ccc(F)cc1CCl.[C-]#N.[Na+]. The summed E-state index contributed by atoms with van der Waals surface area (Å²) in [7, 11) is 3.03. The Hall–Kier alpha value is -1.83. The maximum absolute atomic E-state index is 12.6. The van der Waals surface area contributed by atoms with Crippen molar-refractivity contribution >= 4 is 11.6 Å². The van der Waals surface area contributed by atoms with Gasteiger partial charge in [0.05, 0.1) is 32.6 Å². The van der Waals surface area contributed by atoms with Crippen LogP contribution in [0.2, 0.25) is 0 Å². The largest absolute Gasteiger partial charge is 1.00 e. The number of ether oxygens (including phenoxy) is 2. The van der Waals surface area contributed by atoms with Gasteiger partial charge < -0.3 is 21.3 Å². The zero-order valence-electron chi connectivity index (χ0n) is 14.7. The molecule has 2 aromatic carbocycles. The topological polar surface area (TPSA) is 66.0 Å². The zero-order chi connectivity index (χ0) is 19.2. The van der Waals surface area contributed by atoms with Gasteiger partial charge in [0.25, 0.3) is 0 Å². The Morgan fingerprint density at radius 3 is 1.77 bits per heavy atom. The number of methoxy groups -OCH3 is 2. The van der Waals surface area contributed by atoms with E-state index in [4.69, 9.17) is 38.2 Å². The molecule has 0 saturated heterocycles. The third-order valence-electron chi connectivity index (χ3n) is 2.90. The molecule has 0 saturated carbocycles. The fourth-order valence-electron chi connectivity index (χ4n) is 1.82. The van der Waals surface area contributed by atoms with Gasteiger partial charge in [0.1, 0.15) is 23.1 Å². The van der Waals surface area contributed by atoms with Gasteiger partial charge in [0.2, 0.25) is 0 Å². The summed E-state index contributed by atoms with van der Waals surface area (Å²) in [5, 5.41) is 14.7. The first kappa shape index (κ1) is 26.4. The van der Waals surface area contributed by atoms with E-state index in [2.05, 4.69) is 0 Å². The number of nitrogens with zero attached hydrogens (tertiary/aromatic N) is 2. The summed E-state index contributed by atoms with van der Waals surface area (Å²) in [6.07, 6.45) is 0.168. The molecule has 0 bridgehead atoms. The molecule has 132 valence electrons. The Labute approximate surface area is 179 Å². The third kappa shape index (κ3) is 9.03. The molecule has 2 rings (SSSR count). The van der Waals surface area contributed by atoms with Crippen molar-refractivity contribution in [3.05, 3.63) is 65.7 Å². The number of benzene rings is 2. The average Bonchev–Trinajstić information content (AvgIpc) is 2.64. The van der Waals surface area contributed by atoms with E-state index in [-0.39, 0.29) is 53.5 Å². The van der Waals surface area contributed by atoms with E-state index in [0.29, 0.717) is 22.6 Å². The molecule has 0 radical (unpaired) electrons. The molecule has 0 aliphatic heterocycles. The molecule has 0 spiro atoms. The molecule has 0 atom stereocenters. The number of halogens is 3. The van der Waals surface area contributed by atoms with Gasteiger partial charge in [-0.1, -0.05) is 0 Å². The van der Waals surface area contributed by atoms with Crippen molar-refractivity contribution in [1.82, 2.24) is 0 Å². The fourth-order valence-corrected chi connectivity index (χ4v) is 2.03. The van der Waals surface area contributed by atoms with Gasteiger partial charge in [0, 0.05) is 11.1 Å². The van der Waals surface area contributed by atoms with Crippen molar-refractivity contribution in [2.24, 2.45) is 0 Å². The van der Waals surface area contributed by atoms with Crippen LogP contribution in [0.3, 0.4) is 0 Å². The molecule has 0 aliphatic rings. The van der Waals surface area contributed by atoms with Gasteiger partial charge in [-0.05, 0) is 36.4 Å². The summed E-state index contributed by atoms with van der Waals surface area (Å²) >= 11 is 5.54. The number of alkyl halides is 1. The summed E-state index contributed by atoms with van der Waals surface area (Å²) in [4.78, 5) is 0. The first-order chi connectivity index (χ1) is 12.0. The molecular formula is C18H16ClF2N2NaO2. The predicted octanol–water partition coefficient (Wildman–Crippen LogP) is 1.57. The second kappa shape index (κ2) is 15.4. The van der Waals surface area contributed by atoms with Crippen molar-refractivity contribution in [2.45, 2.75) is 12.3 Å². The summed E-state index contributed by atoms with van der Waals surface area (Å²) in [5.74, 6) is 0.808. The van der Waals surface area contributed by atoms with Crippen molar-refractivity contribution < 1.29 is 47.8 Å². The van der Waals surface area contributed by atoms with Crippen molar-refractivity contribution in [3.8, 4) is 17.6 Å². The van der Waals surface area contributed by atoms with Crippen molar-refractivity contribution in [3.63, 3.8) is 0 Å². The van der Waals surface area contributed by atoms with Crippen molar-refractivity contribution in [1.29, 1.82) is 10.5 Å². The maximum Gasteiger partial charge on any atom is 1.00 e. The van der Waals surface area contributed by atoms with E-state index in [1.807, 2.05) is 6.07 Å². The molecule has 0 aliphatic carbocycles. The summed E-state index contributed by atoms with van der Waals surface area (Å²) in [5.41, 5.74) is 1.26. The van der Waals surface area contributed by atoms with Gasteiger partial charge in [-0.2, -0.15) is 5.26 Å². The van der Waals surface area contributed by atoms with Gasteiger partial charge in [-0.15, -0.1) is 11.6 Å². The Bertz CT molecular complexity index is 737. The van der Waals surface area contributed by atoms with Gasteiger partial charge in [0.15, 0.2) is 0 Å². The monoisotopic (exact) mass is 388 g/mol. The molecular weight excluding hydrogens is 373 g/mol. The van der Waals surface area contributed by atoms with E-state index >= 15 is 0 Å². The molecule has 0 unspecified atom stereocenters. The number of hydrogen-bond donors (Lipinski definition) is 0. The molecule has 4 nitrogen and oxygen atoms in total. The summed E-state index contributed by atoms with van der Waals surface area (Å²) < 4.78 is 35.1. The van der Waals surface area contributed by atoms with Gasteiger partial charge >= 0.3 is 29.6 Å². The molecule has 8 heteroatoms. The van der Waals surface area contributed by atoms with Crippen LogP contribution in [0.4, 0.5) is 8.78 Å². The van der Waals surface area contributed by atoms with Crippen LogP contribution in [0.15, 0.2) is 36.4 Å². The number of rotatable bonds is 4. The second-order valence-electron chi connectivity index (χ2n) is 4.38. The normalized spacial score (nSPS) is 8.38. The minimum absolute atomic E-state index is 0. The van der Waals surface area contributed by atoms with Crippen LogP contribution in [0.5, 0.6) is 11.5 Å². The minimum Gasteiger partial charge on any atom is -0.512 e. The standard InChI is InChI=1S/C9H8FNO.C8H8ClFO.CN.Na/c1-12-9-3-2-8(10)6-7(9)4-5-11;1-11-8-3-2-7(10)4-6(8)5-9;1-2;/h2-3,6H,4H2,1H3;2-4H,5H2,1H3;;/q;;-1;+1. The number of hydrogen-bond acceptors (Lipinski definition) is 4. The molecule has 2 aromatic rings. The van der Waals surface area contributed by atoms with E-state index in [1.165, 1.54) is 44.6 Å². The maximum atomic E-state index is 12.6. The first-order valence-corrected chi connectivity index (χ1v) is 7.39. The smallest absolute Gasteiger partial charge is 0.512 e. The Balaban J connectivity index is 0. The average molecular weight is 389 g/mol. The van der Waals surface area contributed by atoms with Crippen LogP contribution in [-0.2, 0) is 12.3 Å². The summed E-state index contributed by atoms with van der Waals surface area (Å²) in [6, 6.07) is 10.3. The summed E-state index contributed by atoms with van der Waals surface area (Å²) in [6.45, 7) is 4.75.